The fraction of sp³-hybridized carbons (Fsp3) is 0.143. The van der Waals surface area contributed by atoms with Gasteiger partial charge in [-0.3, -0.25) is 0 Å². The van der Waals surface area contributed by atoms with Crippen LogP contribution in [0.5, 0.6) is 5.75 Å². The normalized spacial score (nSPS) is 15.4. The SMILES string of the molecule is COc1ccc(C2c3cc(N)ccc3-c3ccc(N)cc3N2C)cc1. The number of hydrogen-bond acceptors (Lipinski definition) is 4. The minimum atomic E-state index is 0.0682. The van der Waals surface area contributed by atoms with Crippen LogP contribution >= 0.6 is 0 Å². The Morgan fingerprint density at radius 1 is 0.840 bits per heavy atom. The van der Waals surface area contributed by atoms with E-state index in [1.54, 1.807) is 7.11 Å². The number of fused-ring (bicyclic) bond motifs is 3. The summed E-state index contributed by atoms with van der Waals surface area (Å²) in [7, 11) is 3.77. The van der Waals surface area contributed by atoms with Gasteiger partial charge in [0, 0.05) is 29.7 Å². The van der Waals surface area contributed by atoms with Gasteiger partial charge < -0.3 is 21.1 Å². The van der Waals surface area contributed by atoms with Gasteiger partial charge in [-0.1, -0.05) is 24.3 Å². The maximum atomic E-state index is 6.10. The molecule has 1 atom stereocenters. The Morgan fingerprint density at radius 3 is 2.16 bits per heavy atom. The van der Waals surface area contributed by atoms with E-state index in [-0.39, 0.29) is 6.04 Å². The van der Waals surface area contributed by atoms with Crippen LogP contribution in [0, 0.1) is 0 Å². The Kier molecular flexibility index (Phi) is 3.53. The highest BCUT2D eigenvalue weighted by atomic mass is 16.5. The van der Waals surface area contributed by atoms with Gasteiger partial charge in [0.15, 0.2) is 0 Å². The fourth-order valence-electron chi connectivity index (χ4n) is 3.66. The van der Waals surface area contributed by atoms with Crippen LogP contribution in [0.15, 0.2) is 60.7 Å². The Hall–Kier alpha value is -3.14. The van der Waals surface area contributed by atoms with E-state index in [0.717, 1.165) is 22.8 Å². The van der Waals surface area contributed by atoms with Gasteiger partial charge >= 0.3 is 0 Å². The van der Waals surface area contributed by atoms with Crippen LogP contribution < -0.4 is 21.1 Å². The van der Waals surface area contributed by atoms with Crippen molar-refractivity contribution in [2.75, 3.05) is 30.5 Å². The summed E-state index contributed by atoms with van der Waals surface area (Å²) in [5.41, 5.74) is 19.6. The van der Waals surface area contributed by atoms with E-state index >= 15 is 0 Å². The molecule has 4 heteroatoms. The first kappa shape index (κ1) is 15.4. The molecule has 3 aromatic rings. The summed E-state index contributed by atoms with van der Waals surface area (Å²) in [6.45, 7) is 0. The van der Waals surface area contributed by atoms with Crippen LogP contribution in [-0.2, 0) is 0 Å². The van der Waals surface area contributed by atoms with Crippen LogP contribution in [-0.4, -0.2) is 14.2 Å². The first-order valence-corrected chi connectivity index (χ1v) is 8.24. The second kappa shape index (κ2) is 5.74. The lowest BCUT2D eigenvalue weighted by molar-refractivity contribution is 0.414. The summed E-state index contributed by atoms with van der Waals surface area (Å²) >= 11 is 0. The third-order valence-electron chi connectivity index (χ3n) is 4.88. The molecule has 126 valence electrons. The largest absolute Gasteiger partial charge is 0.497 e. The molecule has 0 fully saturated rings. The van der Waals surface area contributed by atoms with Crippen LogP contribution in [0.1, 0.15) is 17.2 Å². The molecule has 1 heterocycles. The van der Waals surface area contributed by atoms with Gasteiger partial charge in [-0.15, -0.1) is 0 Å². The van der Waals surface area contributed by atoms with Crippen molar-refractivity contribution < 1.29 is 4.74 Å². The molecule has 1 unspecified atom stereocenters. The maximum Gasteiger partial charge on any atom is 0.118 e. The molecular formula is C21H21N3O. The fourth-order valence-corrected chi connectivity index (χ4v) is 3.66. The van der Waals surface area contributed by atoms with Crippen molar-refractivity contribution in [3.63, 3.8) is 0 Å². The topological polar surface area (TPSA) is 64.5 Å². The van der Waals surface area contributed by atoms with E-state index < -0.39 is 0 Å². The molecule has 0 aliphatic carbocycles. The third kappa shape index (κ3) is 2.47. The predicted octanol–water partition coefficient (Wildman–Crippen LogP) is 4.07. The Labute approximate surface area is 147 Å². The highest BCUT2D eigenvalue weighted by Crippen LogP contribution is 2.47. The summed E-state index contributed by atoms with van der Waals surface area (Å²) in [5.74, 6) is 0.847. The lowest BCUT2D eigenvalue weighted by Gasteiger charge is -2.38. The zero-order valence-electron chi connectivity index (χ0n) is 14.4. The molecule has 1 aliphatic rings. The van der Waals surface area contributed by atoms with Crippen LogP contribution in [0.4, 0.5) is 17.1 Å². The lowest BCUT2D eigenvalue weighted by atomic mass is 9.85. The number of anilines is 3. The Bertz CT molecular complexity index is 934. The zero-order chi connectivity index (χ0) is 17.6. The summed E-state index contributed by atoms with van der Waals surface area (Å²) in [4.78, 5) is 2.26. The van der Waals surface area contributed by atoms with E-state index in [1.807, 2.05) is 30.3 Å². The van der Waals surface area contributed by atoms with E-state index in [9.17, 15) is 0 Å². The minimum Gasteiger partial charge on any atom is -0.497 e. The lowest BCUT2D eigenvalue weighted by Crippen LogP contribution is -2.29. The minimum absolute atomic E-state index is 0.0682. The van der Waals surface area contributed by atoms with Gasteiger partial charge in [0.2, 0.25) is 0 Å². The molecule has 0 bridgehead atoms. The molecule has 4 rings (SSSR count). The predicted molar refractivity (Wildman–Crippen MR) is 104 cm³/mol. The third-order valence-corrected chi connectivity index (χ3v) is 4.88. The molecule has 0 aromatic heterocycles. The van der Waals surface area contributed by atoms with E-state index in [2.05, 4.69) is 42.3 Å². The smallest absolute Gasteiger partial charge is 0.118 e. The summed E-state index contributed by atoms with van der Waals surface area (Å²) in [6.07, 6.45) is 0. The first-order valence-electron chi connectivity index (χ1n) is 8.24. The Morgan fingerprint density at radius 2 is 1.48 bits per heavy atom. The molecular weight excluding hydrogens is 310 g/mol. The van der Waals surface area contributed by atoms with Crippen molar-refractivity contribution in [3.8, 4) is 16.9 Å². The van der Waals surface area contributed by atoms with Crippen LogP contribution in [0.3, 0.4) is 0 Å². The standard InChI is InChI=1S/C21H21N3O/c1-24-20-12-15(23)6-10-18(20)17-9-5-14(22)11-19(17)21(24)13-3-7-16(25-2)8-4-13/h3-12,21H,22-23H2,1-2H3. The monoisotopic (exact) mass is 331 g/mol. The van der Waals surface area contributed by atoms with E-state index in [1.165, 1.54) is 22.3 Å². The number of nitrogens with two attached hydrogens (primary N) is 2. The van der Waals surface area contributed by atoms with Crippen LogP contribution in [0.2, 0.25) is 0 Å². The molecule has 0 amide bonds. The van der Waals surface area contributed by atoms with Crippen molar-refractivity contribution in [1.29, 1.82) is 0 Å². The van der Waals surface area contributed by atoms with Crippen molar-refractivity contribution in [2.24, 2.45) is 0 Å². The number of methoxy groups -OCH3 is 1. The van der Waals surface area contributed by atoms with Crippen molar-refractivity contribution in [2.45, 2.75) is 6.04 Å². The number of ether oxygens (including phenoxy) is 1. The quantitative estimate of drug-likeness (QED) is 0.695. The van der Waals surface area contributed by atoms with Crippen molar-refractivity contribution in [1.82, 2.24) is 0 Å². The molecule has 0 saturated heterocycles. The Balaban J connectivity index is 1.94. The summed E-state index contributed by atoms with van der Waals surface area (Å²) < 4.78 is 5.29. The van der Waals surface area contributed by atoms with Gasteiger partial charge in [-0.05, 0) is 53.1 Å². The number of benzene rings is 3. The van der Waals surface area contributed by atoms with E-state index in [4.69, 9.17) is 16.2 Å². The number of nitrogens with zero attached hydrogens (tertiary/aromatic N) is 1. The van der Waals surface area contributed by atoms with Crippen molar-refractivity contribution in [3.05, 3.63) is 71.8 Å². The van der Waals surface area contributed by atoms with Gasteiger partial charge in [0.05, 0.1) is 13.2 Å². The van der Waals surface area contributed by atoms with Gasteiger partial charge in [-0.2, -0.15) is 0 Å². The average Bonchev–Trinajstić information content (AvgIpc) is 2.62. The molecule has 0 spiro atoms. The zero-order valence-corrected chi connectivity index (χ0v) is 14.4. The van der Waals surface area contributed by atoms with Gasteiger partial charge in [-0.25, -0.2) is 0 Å². The van der Waals surface area contributed by atoms with Crippen molar-refractivity contribution >= 4 is 17.1 Å². The highest BCUT2D eigenvalue weighted by Gasteiger charge is 2.30. The number of hydrogen-bond donors (Lipinski definition) is 2. The van der Waals surface area contributed by atoms with E-state index in [0.29, 0.717) is 0 Å². The molecule has 1 aliphatic heterocycles. The van der Waals surface area contributed by atoms with Crippen LogP contribution in [0.25, 0.3) is 11.1 Å². The van der Waals surface area contributed by atoms with Gasteiger partial charge in [0.25, 0.3) is 0 Å². The molecule has 0 saturated carbocycles. The molecule has 3 aromatic carbocycles. The molecule has 4 nitrogen and oxygen atoms in total. The summed E-state index contributed by atoms with van der Waals surface area (Å²) in [6, 6.07) is 20.4. The molecule has 25 heavy (non-hydrogen) atoms. The van der Waals surface area contributed by atoms with Gasteiger partial charge in [0.1, 0.15) is 5.75 Å². The number of rotatable bonds is 2. The maximum absolute atomic E-state index is 6.10. The highest BCUT2D eigenvalue weighted by molar-refractivity contribution is 5.88. The summed E-state index contributed by atoms with van der Waals surface area (Å²) in [5, 5.41) is 0. The second-order valence-electron chi connectivity index (χ2n) is 6.41. The average molecular weight is 331 g/mol. The second-order valence-corrected chi connectivity index (χ2v) is 6.41. The molecule has 4 N–H and O–H groups in total. The number of nitrogen functional groups attached to an aromatic ring is 2. The molecule has 0 radical (unpaired) electrons. The first-order chi connectivity index (χ1) is 12.1.